The number of hydrogen-bond acceptors (Lipinski definition) is 3. The van der Waals surface area contributed by atoms with Crippen LogP contribution in [0, 0.1) is 29.1 Å². The monoisotopic (exact) mass is 273 g/mol. The second-order valence-corrected chi connectivity index (χ2v) is 7.86. The quantitative estimate of drug-likeness (QED) is 0.778. The van der Waals surface area contributed by atoms with Crippen molar-refractivity contribution in [2.75, 3.05) is 0 Å². The van der Waals surface area contributed by atoms with Gasteiger partial charge in [-0.15, -0.1) is 0 Å². The molecule has 0 heterocycles. The molecule has 0 amide bonds. The molecule has 3 rings (SSSR count). The molecule has 0 spiro atoms. The third-order valence-corrected chi connectivity index (χ3v) is 7.28. The summed E-state index contributed by atoms with van der Waals surface area (Å²) in [6.07, 6.45) is 4.75. The first kappa shape index (κ1) is 12.4. The standard InChI is InChI=1S/C15H15NO2S/c1-15(12-8-7-11(9-12)14(15)10-16)19(17,18)13-5-3-2-4-6-13/h2-8,11-12,14H,9H2,1H3/t11-,12+,14?,15?/m0/s1. The van der Waals surface area contributed by atoms with E-state index in [1.807, 2.05) is 12.2 Å². The Morgan fingerprint density at radius 1 is 1.26 bits per heavy atom. The lowest BCUT2D eigenvalue weighted by Gasteiger charge is -2.34. The first-order chi connectivity index (χ1) is 9.01. The normalized spacial score (nSPS) is 36.3. The summed E-state index contributed by atoms with van der Waals surface area (Å²) >= 11 is 0. The molecule has 1 saturated carbocycles. The van der Waals surface area contributed by atoms with Crippen LogP contribution in [-0.2, 0) is 9.84 Å². The maximum Gasteiger partial charge on any atom is 0.185 e. The lowest BCUT2D eigenvalue weighted by atomic mass is 9.84. The molecule has 0 aromatic heterocycles. The average Bonchev–Trinajstić information content (AvgIpc) is 2.99. The molecule has 19 heavy (non-hydrogen) atoms. The van der Waals surface area contributed by atoms with E-state index in [9.17, 15) is 13.7 Å². The zero-order chi connectivity index (χ0) is 13.7. The highest BCUT2D eigenvalue weighted by molar-refractivity contribution is 7.92. The van der Waals surface area contributed by atoms with E-state index in [-0.39, 0.29) is 11.8 Å². The predicted octanol–water partition coefficient (Wildman–Crippen LogP) is 2.56. The van der Waals surface area contributed by atoms with Crippen molar-refractivity contribution in [3.05, 3.63) is 42.5 Å². The molecule has 2 aliphatic rings. The van der Waals surface area contributed by atoms with E-state index in [4.69, 9.17) is 0 Å². The Morgan fingerprint density at radius 3 is 2.58 bits per heavy atom. The van der Waals surface area contributed by atoms with Gasteiger partial charge in [0.05, 0.1) is 21.6 Å². The third-order valence-electron chi connectivity index (χ3n) is 4.67. The SMILES string of the molecule is CC1(S(=O)(=O)c2ccccc2)C(C#N)[C@H]2C=C[C@@H]1C2. The third kappa shape index (κ3) is 1.45. The van der Waals surface area contributed by atoms with Crippen molar-refractivity contribution in [3.8, 4) is 6.07 Å². The van der Waals surface area contributed by atoms with Crippen molar-refractivity contribution >= 4 is 9.84 Å². The van der Waals surface area contributed by atoms with Gasteiger partial charge in [-0.05, 0) is 37.3 Å². The Kier molecular flexibility index (Phi) is 2.58. The van der Waals surface area contributed by atoms with Gasteiger partial charge in [0.25, 0.3) is 0 Å². The van der Waals surface area contributed by atoms with E-state index in [0.717, 1.165) is 6.42 Å². The number of allylic oxidation sites excluding steroid dienone is 2. The minimum Gasteiger partial charge on any atom is -0.223 e. The van der Waals surface area contributed by atoms with Crippen LogP contribution in [0.3, 0.4) is 0 Å². The average molecular weight is 273 g/mol. The molecule has 1 aromatic rings. The summed E-state index contributed by atoms with van der Waals surface area (Å²) in [6, 6.07) is 10.7. The molecular formula is C15H15NO2S. The zero-order valence-electron chi connectivity index (χ0n) is 10.7. The number of hydrogen-bond donors (Lipinski definition) is 0. The van der Waals surface area contributed by atoms with Crippen LogP contribution in [0.1, 0.15) is 13.3 Å². The summed E-state index contributed by atoms with van der Waals surface area (Å²) in [5.74, 6) is -0.418. The molecule has 4 heteroatoms. The zero-order valence-corrected chi connectivity index (χ0v) is 11.5. The van der Waals surface area contributed by atoms with Gasteiger partial charge in [-0.2, -0.15) is 5.26 Å². The number of nitrogens with zero attached hydrogens (tertiary/aromatic N) is 1. The predicted molar refractivity (Wildman–Crippen MR) is 71.9 cm³/mol. The molecule has 3 nitrogen and oxygen atoms in total. The second-order valence-electron chi connectivity index (χ2n) is 5.50. The Morgan fingerprint density at radius 2 is 1.95 bits per heavy atom. The van der Waals surface area contributed by atoms with Gasteiger partial charge in [0, 0.05) is 0 Å². The molecule has 2 bridgehead atoms. The molecule has 2 unspecified atom stereocenters. The Bertz CT molecular complexity index is 672. The van der Waals surface area contributed by atoms with Crippen molar-refractivity contribution in [3.63, 3.8) is 0 Å². The van der Waals surface area contributed by atoms with Crippen molar-refractivity contribution in [1.29, 1.82) is 5.26 Å². The van der Waals surface area contributed by atoms with E-state index >= 15 is 0 Å². The molecule has 98 valence electrons. The Labute approximate surface area is 113 Å². The van der Waals surface area contributed by atoms with Crippen molar-refractivity contribution in [2.45, 2.75) is 23.0 Å². The van der Waals surface area contributed by atoms with Gasteiger partial charge >= 0.3 is 0 Å². The van der Waals surface area contributed by atoms with Gasteiger partial charge in [-0.3, -0.25) is 0 Å². The molecule has 0 saturated heterocycles. The highest BCUT2D eigenvalue weighted by atomic mass is 32.2. The fraction of sp³-hybridized carbons (Fsp3) is 0.400. The smallest absolute Gasteiger partial charge is 0.185 e. The summed E-state index contributed by atoms with van der Waals surface area (Å²) in [4.78, 5) is 0.318. The molecule has 0 N–H and O–H groups in total. The fourth-order valence-electron chi connectivity index (χ4n) is 3.50. The minimum absolute atomic E-state index is 0.0487. The number of benzene rings is 1. The highest BCUT2D eigenvalue weighted by Gasteiger charge is 2.61. The van der Waals surface area contributed by atoms with E-state index in [1.165, 1.54) is 0 Å². The van der Waals surface area contributed by atoms with Crippen LogP contribution in [-0.4, -0.2) is 13.2 Å². The molecular weight excluding hydrogens is 258 g/mol. The van der Waals surface area contributed by atoms with Crippen LogP contribution in [0.2, 0.25) is 0 Å². The largest absolute Gasteiger partial charge is 0.223 e. The summed E-state index contributed by atoms with van der Waals surface area (Å²) in [5, 5.41) is 9.39. The molecule has 1 fully saturated rings. The van der Waals surface area contributed by atoms with Crippen molar-refractivity contribution in [1.82, 2.24) is 0 Å². The lowest BCUT2D eigenvalue weighted by molar-refractivity contribution is 0.419. The maximum absolute atomic E-state index is 12.9. The van der Waals surface area contributed by atoms with Crippen LogP contribution in [0.25, 0.3) is 0 Å². The van der Waals surface area contributed by atoms with Crippen LogP contribution < -0.4 is 0 Å². The van der Waals surface area contributed by atoms with Crippen LogP contribution in [0.5, 0.6) is 0 Å². The minimum atomic E-state index is -3.50. The van der Waals surface area contributed by atoms with Gasteiger partial charge < -0.3 is 0 Å². The number of rotatable bonds is 2. The highest BCUT2D eigenvalue weighted by Crippen LogP contribution is 2.55. The number of sulfone groups is 1. The summed E-state index contributed by atoms with van der Waals surface area (Å²) in [7, 11) is -3.50. The number of nitriles is 1. The van der Waals surface area contributed by atoms with Gasteiger partial charge in [-0.25, -0.2) is 8.42 Å². The van der Waals surface area contributed by atoms with E-state index in [2.05, 4.69) is 6.07 Å². The van der Waals surface area contributed by atoms with Crippen molar-refractivity contribution < 1.29 is 8.42 Å². The van der Waals surface area contributed by atoms with Crippen LogP contribution in [0.4, 0.5) is 0 Å². The molecule has 0 radical (unpaired) electrons. The lowest BCUT2D eigenvalue weighted by Crippen LogP contribution is -2.45. The first-order valence-electron chi connectivity index (χ1n) is 6.39. The Hall–Kier alpha value is -1.60. The summed E-state index contributed by atoms with van der Waals surface area (Å²) < 4.78 is 24.9. The summed E-state index contributed by atoms with van der Waals surface area (Å²) in [5.41, 5.74) is 0. The fourth-order valence-corrected chi connectivity index (χ4v) is 5.66. The van der Waals surface area contributed by atoms with Crippen molar-refractivity contribution in [2.24, 2.45) is 17.8 Å². The molecule has 4 atom stereocenters. The Balaban J connectivity index is 2.16. The molecule has 2 aliphatic carbocycles. The van der Waals surface area contributed by atoms with Gasteiger partial charge in [-0.1, -0.05) is 30.4 Å². The second kappa shape index (κ2) is 3.94. The van der Waals surface area contributed by atoms with E-state index < -0.39 is 20.5 Å². The molecule has 1 aromatic carbocycles. The first-order valence-corrected chi connectivity index (χ1v) is 7.87. The van der Waals surface area contributed by atoms with Gasteiger partial charge in [0.15, 0.2) is 9.84 Å². The topological polar surface area (TPSA) is 57.9 Å². The number of fused-ring (bicyclic) bond motifs is 2. The molecule has 0 aliphatic heterocycles. The van der Waals surface area contributed by atoms with Gasteiger partial charge in [0.1, 0.15) is 0 Å². The summed E-state index contributed by atoms with van der Waals surface area (Å²) in [6.45, 7) is 1.73. The van der Waals surface area contributed by atoms with Crippen LogP contribution >= 0.6 is 0 Å². The van der Waals surface area contributed by atoms with Gasteiger partial charge in [0.2, 0.25) is 0 Å². The van der Waals surface area contributed by atoms with E-state index in [1.54, 1.807) is 37.3 Å². The van der Waals surface area contributed by atoms with Crippen LogP contribution in [0.15, 0.2) is 47.4 Å². The van der Waals surface area contributed by atoms with E-state index in [0.29, 0.717) is 4.90 Å². The maximum atomic E-state index is 12.9.